The van der Waals surface area contributed by atoms with Crippen molar-refractivity contribution in [3.63, 3.8) is 0 Å². The van der Waals surface area contributed by atoms with Gasteiger partial charge in [0.05, 0.1) is 26.0 Å². The molecule has 0 radical (unpaired) electrons. The lowest BCUT2D eigenvalue weighted by atomic mass is 10.3. The summed E-state index contributed by atoms with van der Waals surface area (Å²) in [6.07, 6.45) is -7.41. The van der Waals surface area contributed by atoms with E-state index in [4.69, 9.17) is 9.84 Å². The fourth-order valence-corrected chi connectivity index (χ4v) is 1.28. The summed E-state index contributed by atoms with van der Waals surface area (Å²) in [5, 5.41) is 15.8. The number of carbonyl (C=O) groups is 1. The Morgan fingerprint density at radius 2 is 2.11 bits per heavy atom. The second-order valence-electron chi connectivity index (χ2n) is 3.55. The van der Waals surface area contributed by atoms with Gasteiger partial charge in [-0.15, -0.1) is 5.10 Å². The number of carbonyl (C=O) groups excluding carboxylic acids is 1. The van der Waals surface area contributed by atoms with Gasteiger partial charge in [0.25, 0.3) is 0 Å². The normalized spacial score (nSPS) is 13.4. The highest BCUT2D eigenvalue weighted by Crippen LogP contribution is 2.22. The van der Waals surface area contributed by atoms with Crippen molar-refractivity contribution in [1.82, 2.24) is 15.0 Å². The topological polar surface area (TPSA) is 86.5 Å². The molecule has 0 aromatic carbocycles. The number of ether oxygens (including phenoxy) is 2. The van der Waals surface area contributed by atoms with Crippen LogP contribution >= 0.6 is 0 Å². The molecular weight excluding hydrogens is 271 g/mol. The van der Waals surface area contributed by atoms with Crippen LogP contribution in [0.3, 0.4) is 0 Å². The molecule has 1 N–H and O–H groups in total. The zero-order valence-corrected chi connectivity index (χ0v) is 10.1. The molecule has 10 heteroatoms. The van der Waals surface area contributed by atoms with E-state index in [1.165, 1.54) is 7.11 Å². The Labute approximate surface area is 105 Å². The number of methoxy groups -OCH3 is 2. The number of esters is 1. The van der Waals surface area contributed by atoms with Crippen LogP contribution in [-0.2, 0) is 22.6 Å². The van der Waals surface area contributed by atoms with Crippen LogP contribution in [0.4, 0.5) is 13.2 Å². The quantitative estimate of drug-likeness (QED) is 0.773. The number of halogens is 3. The number of hydrogen-bond donors (Lipinski definition) is 1. The van der Waals surface area contributed by atoms with Crippen molar-refractivity contribution in [2.45, 2.75) is 25.4 Å². The Hall–Kier alpha value is -1.68. The lowest BCUT2D eigenvalue weighted by molar-refractivity contribution is -0.208. The van der Waals surface area contributed by atoms with Gasteiger partial charge in [-0.25, -0.2) is 9.48 Å². The fraction of sp³-hybridized carbons (Fsp3) is 0.667. The molecule has 0 aliphatic rings. The molecule has 0 saturated heterocycles. The maximum atomic E-state index is 12.2. The predicted octanol–water partition coefficient (Wildman–Crippen LogP) is 0.134. The lowest BCUT2D eigenvalue weighted by Gasteiger charge is -2.15. The number of aliphatic hydroxyl groups is 1. The summed E-state index contributed by atoms with van der Waals surface area (Å²) < 4.78 is 46.7. The standard InChI is InChI=1S/C9H12F3N3O4/c1-18-4-5-7(8(17)19-2)13-14-15(5)3-6(16)9(10,11)12/h6,16H,3-4H2,1-2H3. The highest BCUT2D eigenvalue weighted by Gasteiger charge is 2.39. The van der Waals surface area contributed by atoms with Crippen LogP contribution in [0, 0.1) is 0 Å². The van der Waals surface area contributed by atoms with Crippen LogP contribution in [0.15, 0.2) is 0 Å². The summed E-state index contributed by atoms with van der Waals surface area (Å²) in [7, 11) is 2.39. The predicted molar refractivity (Wildman–Crippen MR) is 54.1 cm³/mol. The zero-order chi connectivity index (χ0) is 14.6. The third-order valence-electron chi connectivity index (χ3n) is 2.22. The largest absolute Gasteiger partial charge is 0.464 e. The van der Waals surface area contributed by atoms with Crippen molar-refractivity contribution in [3.05, 3.63) is 11.4 Å². The van der Waals surface area contributed by atoms with E-state index >= 15 is 0 Å². The average molecular weight is 283 g/mol. The van der Waals surface area contributed by atoms with E-state index in [2.05, 4.69) is 15.0 Å². The van der Waals surface area contributed by atoms with Gasteiger partial charge in [-0.05, 0) is 0 Å². The minimum absolute atomic E-state index is 0.00218. The molecule has 1 atom stereocenters. The third-order valence-corrected chi connectivity index (χ3v) is 2.22. The molecule has 0 spiro atoms. The van der Waals surface area contributed by atoms with E-state index in [-0.39, 0.29) is 18.0 Å². The number of aliphatic hydroxyl groups excluding tert-OH is 1. The number of aromatic nitrogens is 3. The SMILES string of the molecule is COCc1c(C(=O)OC)nnn1CC(O)C(F)(F)F. The van der Waals surface area contributed by atoms with Crippen molar-refractivity contribution in [3.8, 4) is 0 Å². The second-order valence-corrected chi connectivity index (χ2v) is 3.55. The highest BCUT2D eigenvalue weighted by molar-refractivity contribution is 5.88. The molecule has 1 aromatic rings. The van der Waals surface area contributed by atoms with Crippen LogP contribution in [0.1, 0.15) is 16.2 Å². The summed E-state index contributed by atoms with van der Waals surface area (Å²) >= 11 is 0. The summed E-state index contributed by atoms with van der Waals surface area (Å²) in [6.45, 7) is -1.08. The van der Waals surface area contributed by atoms with Crippen molar-refractivity contribution in [1.29, 1.82) is 0 Å². The first-order chi connectivity index (χ1) is 8.81. The minimum Gasteiger partial charge on any atom is -0.464 e. The number of alkyl halides is 3. The molecule has 1 aromatic heterocycles. The van der Waals surface area contributed by atoms with E-state index in [0.29, 0.717) is 0 Å². The molecule has 1 rings (SSSR count). The van der Waals surface area contributed by atoms with Gasteiger partial charge in [0.15, 0.2) is 11.8 Å². The minimum atomic E-state index is -4.79. The van der Waals surface area contributed by atoms with Gasteiger partial charge in [0.1, 0.15) is 0 Å². The van der Waals surface area contributed by atoms with Gasteiger partial charge in [-0.1, -0.05) is 5.21 Å². The van der Waals surface area contributed by atoms with E-state index < -0.39 is 24.8 Å². The summed E-state index contributed by atoms with van der Waals surface area (Å²) in [4.78, 5) is 11.3. The van der Waals surface area contributed by atoms with Crippen LogP contribution in [0.5, 0.6) is 0 Å². The summed E-state index contributed by atoms with van der Waals surface area (Å²) in [6, 6.07) is 0. The van der Waals surface area contributed by atoms with Crippen molar-refractivity contribution in [2.24, 2.45) is 0 Å². The fourth-order valence-electron chi connectivity index (χ4n) is 1.28. The van der Waals surface area contributed by atoms with Crippen LogP contribution in [0.25, 0.3) is 0 Å². The Morgan fingerprint density at radius 1 is 1.47 bits per heavy atom. The maximum absolute atomic E-state index is 12.2. The van der Waals surface area contributed by atoms with Crippen LogP contribution in [0.2, 0.25) is 0 Å². The van der Waals surface area contributed by atoms with Crippen molar-refractivity contribution < 1.29 is 32.5 Å². The monoisotopic (exact) mass is 283 g/mol. The Kier molecular flexibility index (Phi) is 4.84. The lowest BCUT2D eigenvalue weighted by Crippen LogP contribution is -2.33. The highest BCUT2D eigenvalue weighted by atomic mass is 19.4. The molecule has 1 unspecified atom stereocenters. The van der Waals surface area contributed by atoms with Gasteiger partial charge in [0.2, 0.25) is 0 Å². The Balaban J connectivity index is 3.01. The van der Waals surface area contributed by atoms with Gasteiger partial charge in [0, 0.05) is 7.11 Å². The number of hydrogen-bond acceptors (Lipinski definition) is 6. The van der Waals surface area contributed by atoms with E-state index in [9.17, 15) is 18.0 Å². The van der Waals surface area contributed by atoms with E-state index in [1.807, 2.05) is 0 Å². The first-order valence-corrected chi connectivity index (χ1v) is 5.05. The Morgan fingerprint density at radius 3 is 2.58 bits per heavy atom. The number of rotatable bonds is 5. The molecule has 7 nitrogen and oxygen atoms in total. The van der Waals surface area contributed by atoms with E-state index in [0.717, 1.165) is 11.8 Å². The van der Waals surface area contributed by atoms with Gasteiger partial charge in [-0.2, -0.15) is 13.2 Å². The van der Waals surface area contributed by atoms with Gasteiger partial charge < -0.3 is 14.6 Å². The smallest absolute Gasteiger partial charge is 0.416 e. The molecule has 0 amide bonds. The third kappa shape index (κ3) is 3.64. The van der Waals surface area contributed by atoms with Gasteiger partial charge in [-0.3, -0.25) is 0 Å². The first kappa shape index (κ1) is 15.4. The number of nitrogens with zero attached hydrogens (tertiary/aromatic N) is 3. The summed E-state index contributed by atoms with van der Waals surface area (Å²) in [5.74, 6) is -0.847. The molecule has 0 aliphatic heterocycles. The van der Waals surface area contributed by atoms with Crippen molar-refractivity contribution >= 4 is 5.97 Å². The summed E-state index contributed by atoms with van der Waals surface area (Å²) in [5.41, 5.74) is -0.253. The van der Waals surface area contributed by atoms with E-state index in [1.54, 1.807) is 0 Å². The molecule has 19 heavy (non-hydrogen) atoms. The zero-order valence-electron chi connectivity index (χ0n) is 10.1. The molecule has 0 saturated carbocycles. The molecule has 0 aliphatic carbocycles. The molecular formula is C9H12F3N3O4. The van der Waals surface area contributed by atoms with Crippen LogP contribution < -0.4 is 0 Å². The van der Waals surface area contributed by atoms with Crippen LogP contribution in [-0.4, -0.2) is 52.6 Å². The maximum Gasteiger partial charge on any atom is 0.416 e. The molecule has 0 bridgehead atoms. The Bertz CT molecular complexity index is 446. The first-order valence-electron chi connectivity index (χ1n) is 5.05. The molecule has 108 valence electrons. The van der Waals surface area contributed by atoms with Crippen molar-refractivity contribution in [2.75, 3.05) is 14.2 Å². The molecule has 0 fully saturated rings. The second kappa shape index (κ2) is 5.97. The van der Waals surface area contributed by atoms with Gasteiger partial charge >= 0.3 is 12.1 Å². The molecule has 1 heterocycles. The average Bonchev–Trinajstić information content (AvgIpc) is 2.71.